The van der Waals surface area contributed by atoms with Crippen molar-refractivity contribution in [3.05, 3.63) is 70.2 Å². The molecule has 0 fully saturated rings. The first kappa shape index (κ1) is 18.4. The molecule has 0 bridgehead atoms. The van der Waals surface area contributed by atoms with Gasteiger partial charge in [-0.25, -0.2) is 8.78 Å². The fraction of sp³-hybridized carbons (Fsp3) is 0.278. The number of halogens is 3. The van der Waals surface area contributed by atoms with Crippen LogP contribution in [0.25, 0.3) is 0 Å². The SMILES string of the molecule is C[C@H](NC(=O)CN[C@@H](C)c1ccccc1Cl)c1ccc(F)cc1F. The molecule has 0 aliphatic heterocycles. The number of benzene rings is 2. The maximum absolute atomic E-state index is 13.7. The minimum atomic E-state index is -0.680. The Kier molecular flexibility index (Phi) is 6.29. The van der Waals surface area contributed by atoms with Gasteiger partial charge in [-0.1, -0.05) is 35.9 Å². The van der Waals surface area contributed by atoms with Crippen molar-refractivity contribution in [2.45, 2.75) is 25.9 Å². The Morgan fingerprint density at radius 2 is 1.79 bits per heavy atom. The van der Waals surface area contributed by atoms with Gasteiger partial charge in [0.2, 0.25) is 5.91 Å². The summed E-state index contributed by atoms with van der Waals surface area (Å²) < 4.78 is 26.6. The van der Waals surface area contributed by atoms with Crippen molar-refractivity contribution < 1.29 is 13.6 Å². The molecule has 128 valence electrons. The van der Waals surface area contributed by atoms with Crippen molar-refractivity contribution in [2.24, 2.45) is 0 Å². The summed E-state index contributed by atoms with van der Waals surface area (Å²) in [4.78, 5) is 12.0. The van der Waals surface area contributed by atoms with Gasteiger partial charge in [0.05, 0.1) is 12.6 Å². The first-order valence-corrected chi connectivity index (χ1v) is 7.98. The van der Waals surface area contributed by atoms with E-state index in [1.807, 2.05) is 25.1 Å². The Labute approximate surface area is 145 Å². The zero-order valence-corrected chi connectivity index (χ0v) is 14.2. The van der Waals surface area contributed by atoms with Gasteiger partial charge in [0.15, 0.2) is 0 Å². The minimum absolute atomic E-state index is 0.0551. The van der Waals surface area contributed by atoms with Gasteiger partial charge in [0.1, 0.15) is 11.6 Å². The average molecular weight is 353 g/mol. The van der Waals surface area contributed by atoms with E-state index in [4.69, 9.17) is 11.6 Å². The molecule has 6 heteroatoms. The molecule has 0 aliphatic rings. The number of hydrogen-bond donors (Lipinski definition) is 2. The molecular formula is C18H19ClF2N2O. The lowest BCUT2D eigenvalue weighted by Crippen LogP contribution is -2.36. The molecule has 0 heterocycles. The van der Waals surface area contributed by atoms with Crippen LogP contribution in [0.2, 0.25) is 5.02 Å². The topological polar surface area (TPSA) is 41.1 Å². The molecule has 0 unspecified atom stereocenters. The van der Waals surface area contributed by atoms with E-state index in [2.05, 4.69) is 10.6 Å². The second-order valence-electron chi connectivity index (χ2n) is 5.58. The predicted molar refractivity (Wildman–Crippen MR) is 90.8 cm³/mol. The summed E-state index contributed by atoms with van der Waals surface area (Å²) in [6, 6.07) is 10.0. The summed E-state index contributed by atoms with van der Waals surface area (Å²) in [6.07, 6.45) is 0. The lowest BCUT2D eigenvalue weighted by atomic mass is 10.1. The molecule has 2 atom stereocenters. The molecule has 2 aromatic rings. The molecule has 0 saturated carbocycles. The van der Waals surface area contributed by atoms with Crippen LogP contribution in [0.1, 0.15) is 37.1 Å². The molecule has 24 heavy (non-hydrogen) atoms. The summed E-state index contributed by atoms with van der Waals surface area (Å²) in [5.74, 6) is -1.62. The van der Waals surface area contributed by atoms with Gasteiger partial charge >= 0.3 is 0 Å². The molecule has 2 N–H and O–H groups in total. The van der Waals surface area contributed by atoms with E-state index in [1.165, 1.54) is 12.1 Å². The molecule has 2 aromatic carbocycles. The fourth-order valence-corrected chi connectivity index (χ4v) is 2.70. The summed E-state index contributed by atoms with van der Waals surface area (Å²) in [5.41, 5.74) is 1.13. The number of amides is 1. The molecule has 0 spiro atoms. The Bertz CT molecular complexity index is 724. The third-order valence-corrected chi connectivity index (χ3v) is 4.09. The maximum Gasteiger partial charge on any atom is 0.234 e. The molecule has 0 aliphatic carbocycles. The standard InChI is InChI=1S/C18H19ClF2N2O/c1-11(14-5-3-4-6-16(14)19)22-10-18(24)23-12(2)15-8-7-13(20)9-17(15)21/h3-9,11-12,22H,10H2,1-2H3,(H,23,24)/t11-,12-/m0/s1. The van der Waals surface area contributed by atoms with Gasteiger partial charge in [0, 0.05) is 22.7 Å². The van der Waals surface area contributed by atoms with Gasteiger partial charge in [-0.2, -0.15) is 0 Å². The summed E-state index contributed by atoms with van der Waals surface area (Å²) in [5, 5.41) is 6.38. The quantitative estimate of drug-likeness (QED) is 0.820. The van der Waals surface area contributed by atoms with Crippen LogP contribution in [0, 0.1) is 11.6 Å². The number of carbonyl (C=O) groups is 1. The van der Waals surface area contributed by atoms with Gasteiger partial charge < -0.3 is 10.6 Å². The molecule has 0 saturated heterocycles. The predicted octanol–water partition coefficient (Wildman–Crippen LogP) is 4.15. The molecule has 0 radical (unpaired) electrons. The normalized spacial score (nSPS) is 13.4. The van der Waals surface area contributed by atoms with E-state index in [9.17, 15) is 13.6 Å². The zero-order valence-electron chi connectivity index (χ0n) is 13.4. The van der Waals surface area contributed by atoms with Crippen molar-refractivity contribution in [1.82, 2.24) is 10.6 Å². The van der Waals surface area contributed by atoms with Crippen LogP contribution in [0.15, 0.2) is 42.5 Å². The highest BCUT2D eigenvalue weighted by Gasteiger charge is 2.15. The highest BCUT2D eigenvalue weighted by molar-refractivity contribution is 6.31. The lowest BCUT2D eigenvalue weighted by Gasteiger charge is -2.18. The second kappa shape index (κ2) is 8.22. The maximum atomic E-state index is 13.7. The second-order valence-corrected chi connectivity index (χ2v) is 5.99. The summed E-state index contributed by atoms with van der Waals surface area (Å²) in [6.45, 7) is 3.60. The van der Waals surface area contributed by atoms with E-state index in [0.29, 0.717) is 5.02 Å². The Morgan fingerprint density at radius 1 is 1.08 bits per heavy atom. The Hall–Kier alpha value is -1.98. The third kappa shape index (κ3) is 4.76. The minimum Gasteiger partial charge on any atom is -0.348 e. The summed E-state index contributed by atoms with van der Waals surface area (Å²) >= 11 is 6.12. The number of nitrogens with one attached hydrogen (secondary N) is 2. The van der Waals surface area contributed by atoms with Crippen molar-refractivity contribution >= 4 is 17.5 Å². The third-order valence-electron chi connectivity index (χ3n) is 3.75. The molecule has 2 rings (SSSR count). The van der Waals surface area contributed by atoms with Crippen molar-refractivity contribution in [3.8, 4) is 0 Å². The van der Waals surface area contributed by atoms with Crippen LogP contribution in [0.4, 0.5) is 8.78 Å². The van der Waals surface area contributed by atoms with Crippen LogP contribution >= 0.6 is 11.6 Å². The highest BCUT2D eigenvalue weighted by Crippen LogP contribution is 2.22. The smallest absolute Gasteiger partial charge is 0.234 e. The molecule has 3 nitrogen and oxygen atoms in total. The van der Waals surface area contributed by atoms with E-state index in [1.54, 1.807) is 13.0 Å². The van der Waals surface area contributed by atoms with Crippen molar-refractivity contribution in [2.75, 3.05) is 6.54 Å². The fourth-order valence-electron chi connectivity index (χ4n) is 2.40. The average Bonchev–Trinajstić information content (AvgIpc) is 2.52. The van der Waals surface area contributed by atoms with Gasteiger partial charge in [0.25, 0.3) is 0 Å². The van der Waals surface area contributed by atoms with Crippen LogP contribution < -0.4 is 10.6 Å². The summed E-state index contributed by atoms with van der Waals surface area (Å²) in [7, 11) is 0. The van der Waals surface area contributed by atoms with Crippen LogP contribution in [0.3, 0.4) is 0 Å². The zero-order chi connectivity index (χ0) is 17.7. The van der Waals surface area contributed by atoms with Crippen molar-refractivity contribution in [1.29, 1.82) is 0 Å². The van der Waals surface area contributed by atoms with E-state index in [0.717, 1.165) is 11.6 Å². The van der Waals surface area contributed by atoms with Crippen LogP contribution in [0.5, 0.6) is 0 Å². The monoisotopic (exact) mass is 352 g/mol. The van der Waals surface area contributed by atoms with Gasteiger partial charge in [-0.3, -0.25) is 4.79 Å². The van der Waals surface area contributed by atoms with E-state index >= 15 is 0 Å². The van der Waals surface area contributed by atoms with E-state index in [-0.39, 0.29) is 24.1 Å². The first-order valence-electron chi connectivity index (χ1n) is 7.60. The largest absolute Gasteiger partial charge is 0.348 e. The van der Waals surface area contributed by atoms with Gasteiger partial charge in [-0.15, -0.1) is 0 Å². The molecule has 1 amide bonds. The molecular weight excluding hydrogens is 334 g/mol. The molecule has 0 aromatic heterocycles. The van der Waals surface area contributed by atoms with Crippen LogP contribution in [-0.2, 0) is 4.79 Å². The van der Waals surface area contributed by atoms with Crippen LogP contribution in [-0.4, -0.2) is 12.5 Å². The highest BCUT2D eigenvalue weighted by atomic mass is 35.5. The number of rotatable bonds is 6. The first-order chi connectivity index (χ1) is 11.4. The number of carbonyl (C=O) groups excluding carboxylic acids is 1. The van der Waals surface area contributed by atoms with Gasteiger partial charge in [-0.05, 0) is 31.5 Å². The number of hydrogen-bond acceptors (Lipinski definition) is 2. The Morgan fingerprint density at radius 3 is 2.46 bits per heavy atom. The van der Waals surface area contributed by atoms with Crippen molar-refractivity contribution in [3.63, 3.8) is 0 Å². The lowest BCUT2D eigenvalue weighted by molar-refractivity contribution is -0.121. The van der Waals surface area contributed by atoms with E-state index < -0.39 is 17.7 Å². The Balaban J connectivity index is 1.90.